The van der Waals surface area contributed by atoms with Gasteiger partial charge in [-0.1, -0.05) is 25.1 Å². The maximum atomic E-state index is 12.9. The van der Waals surface area contributed by atoms with Gasteiger partial charge in [0.2, 0.25) is 5.91 Å². The lowest BCUT2D eigenvalue weighted by Crippen LogP contribution is -2.50. The molecule has 3 atom stereocenters. The summed E-state index contributed by atoms with van der Waals surface area (Å²) in [5, 5.41) is 1.16. The maximum absolute atomic E-state index is 12.9. The summed E-state index contributed by atoms with van der Waals surface area (Å²) in [7, 11) is 1.78. The van der Waals surface area contributed by atoms with Gasteiger partial charge in [-0.15, -0.1) is 0 Å². The third kappa shape index (κ3) is 3.61. The second kappa shape index (κ2) is 7.39. The van der Waals surface area contributed by atoms with Gasteiger partial charge in [-0.2, -0.15) is 0 Å². The Morgan fingerprint density at radius 2 is 2.15 bits per heavy atom. The first kappa shape index (κ1) is 18.1. The summed E-state index contributed by atoms with van der Waals surface area (Å²) in [6.45, 7) is 3.79. The molecule has 1 aromatic carbocycles. The number of rotatable bonds is 4. The van der Waals surface area contributed by atoms with Crippen LogP contribution in [-0.2, 0) is 4.79 Å². The van der Waals surface area contributed by atoms with Gasteiger partial charge in [0.25, 0.3) is 0 Å². The highest BCUT2D eigenvalue weighted by Crippen LogP contribution is 2.37. The Bertz CT molecular complexity index is 874. The summed E-state index contributed by atoms with van der Waals surface area (Å²) in [6.07, 6.45) is 6.95. The van der Waals surface area contributed by atoms with Crippen molar-refractivity contribution >= 4 is 23.0 Å². The zero-order chi connectivity index (χ0) is 19.0. The molecule has 2 heterocycles. The molecule has 1 saturated carbocycles. The number of pyridine rings is 1. The van der Waals surface area contributed by atoms with Gasteiger partial charge >= 0.3 is 0 Å². The van der Waals surface area contributed by atoms with E-state index in [2.05, 4.69) is 35.1 Å². The largest absolute Gasteiger partial charge is 0.340 e. The summed E-state index contributed by atoms with van der Waals surface area (Å²) in [6, 6.07) is 8.08. The van der Waals surface area contributed by atoms with E-state index >= 15 is 0 Å². The summed E-state index contributed by atoms with van der Waals surface area (Å²) in [4.78, 5) is 23.6. The van der Waals surface area contributed by atoms with Crippen molar-refractivity contribution in [3.63, 3.8) is 0 Å². The third-order valence-electron chi connectivity index (χ3n) is 5.93. The number of hydrogen-bond acceptors (Lipinski definition) is 4. The van der Waals surface area contributed by atoms with Gasteiger partial charge in [-0.3, -0.25) is 14.8 Å². The Morgan fingerprint density at radius 1 is 1.33 bits per heavy atom. The van der Waals surface area contributed by atoms with Crippen molar-refractivity contribution in [1.29, 1.82) is 0 Å². The van der Waals surface area contributed by atoms with E-state index in [0.717, 1.165) is 48.8 Å². The fourth-order valence-corrected chi connectivity index (χ4v) is 4.44. The van der Waals surface area contributed by atoms with E-state index in [4.69, 9.17) is 5.73 Å². The zero-order valence-electron chi connectivity index (χ0n) is 16.1. The molecule has 1 amide bonds. The van der Waals surface area contributed by atoms with Gasteiger partial charge in [0.1, 0.15) is 0 Å². The number of carbonyl (C=O) groups excluding carboxylic acids is 1. The van der Waals surface area contributed by atoms with Gasteiger partial charge in [-0.05, 0) is 42.7 Å². The number of fused-ring (bicyclic) bond motifs is 1. The number of benzene rings is 1. The maximum Gasteiger partial charge on any atom is 0.239 e. The van der Waals surface area contributed by atoms with Crippen LogP contribution in [0.3, 0.4) is 0 Å². The summed E-state index contributed by atoms with van der Waals surface area (Å²) < 4.78 is 0. The predicted molar refractivity (Wildman–Crippen MR) is 109 cm³/mol. The Kier molecular flexibility index (Phi) is 4.96. The van der Waals surface area contributed by atoms with E-state index in [1.165, 1.54) is 5.56 Å². The van der Waals surface area contributed by atoms with Crippen molar-refractivity contribution in [1.82, 2.24) is 9.88 Å². The Morgan fingerprint density at radius 3 is 2.89 bits per heavy atom. The van der Waals surface area contributed by atoms with Crippen molar-refractivity contribution in [2.24, 2.45) is 22.6 Å². The van der Waals surface area contributed by atoms with E-state index in [0.29, 0.717) is 17.8 Å². The molecular formula is C22H28N4O. The van der Waals surface area contributed by atoms with E-state index in [-0.39, 0.29) is 11.9 Å². The minimum atomic E-state index is -0.322. The number of carbonyl (C=O) groups is 1. The fraction of sp³-hybridized carbons (Fsp3) is 0.500. The Labute approximate surface area is 160 Å². The van der Waals surface area contributed by atoms with Crippen molar-refractivity contribution in [3.05, 3.63) is 41.6 Å². The molecule has 2 aliphatic rings. The minimum Gasteiger partial charge on any atom is -0.340 e. The number of nitrogens with zero attached hydrogens (tertiary/aromatic N) is 3. The molecule has 142 valence electrons. The van der Waals surface area contributed by atoms with Gasteiger partial charge in [0.15, 0.2) is 0 Å². The first-order chi connectivity index (χ1) is 13.1. The standard InChI is InChI=1S/C22H28N4O/c1-14-10-17(13-26(12-14)22(27)20(23)15-5-6-15)18-8-7-16(11-24-2)21-19(18)4-3-9-25-21/h3-4,7-9,11,14-15,17,20H,5-6,10,12-13,23H2,1-2H3/t14-,17+,20+/m1/s1. The van der Waals surface area contributed by atoms with Crippen LogP contribution >= 0.6 is 0 Å². The van der Waals surface area contributed by atoms with Crippen LogP contribution in [0.25, 0.3) is 10.9 Å². The van der Waals surface area contributed by atoms with Crippen LogP contribution < -0.4 is 5.73 Å². The molecular weight excluding hydrogens is 336 g/mol. The van der Waals surface area contributed by atoms with Crippen molar-refractivity contribution in [3.8, 4) is 0 Å². The summed E-state index contributed by atoms with van der Waals surface area (Å²) in [5.74, 6) is 1.29. The zero-order valence-corrected chi connectivity index (χ0v) is 16.1. The predicted octanol–water partition coefficient (Wildman–Crippen LogP) is 2.97. The molecule has 5 heteroatoms. The van der Waals surface area contributed by atoms with E-state index in [1.54, 1.807) is 7.05 Å². The average molecular weight is 364 g/mol. The molecule has 2 N–H and O–H groups in total. The molecule has 4 rings (SSSR count). The van der Waals surface area contributed by atoms with Gasteiger partial charge < -0.3 is 10.6 Å². The van der Waals surface area contributed by atoms with Crippen molar-refractivity contribution in [2.75, 3.05) is 20.1 Å². The molecule has 1 aromatic heterocycles. The quantitative estimate of drug-likeness (QED) is 0.848. The van der Waals surface area contributed by atoms with Gasteiger partial charge in [0, 0.05) is 49.4 Å². The molecule has 0 bridgehead atoms. The molecule has 2 aromatic rings. The number of aliphatic imine (C=N–C) groups is 1. The molecule has 0 spiro atoms. The van der Waals surface area contributed by atoms with E-state index in [1.807, 2.05) is 23.4 Å². The lowest BCUT2D eigenvalue weighted by atomic mass is 9.83. The first-order valence-corrected chi connectivity index (χ1v) is 9.92. The molecule has 27 heavy (non-hydrogen) atoms. The topological polar surface area (TPSA) is 71.6 Å². The summed E-state index contributed by atoms with van der Waals surface area (Å²) >= 11 is 0. The van der Waals surface area contributed by atoms with Gasteiger partial charge in [0.05, 0.1) is 11.6 Å². The lowest BCUT2D eigenvalue weighted by Gasteiger charge is -2.38. The third-order valence-corrected chi connectivity index (χ3v) is 5.93. The number of likely N-dealkylation sites (tertiary alicyclic amines) is 1. The fourth-order valence-electron chi connectivity index (χ4n) is 4.44. The van der Waals surface area contributed by atoms with Crippen molar-refractivity contribution in [2.45, 2.75) is 38.1 Å². The number of piperidine rings is 1. The molecule has 1 aliphatic heterocycles. The van der Waals surface area contributed by atoms with Crippen LogP contribution in [0, 0.1) is 11.8 Å². The van der Waals surface area contributed by atoms with Crippen LogP contribution in [0.15, 0.2) is 35.5 Å². The first-order valence-electron chi connectivity index (χ1n) is 9.92. The number of hydrogen-bond donors (Lipinski definition) is 1. The number of nitrogens with two attached hydrogens (primary N) is 1. The molecule has 1 aliphatic carbocycles. The average Bonchev–Trinajstić information content (AvgIpc) is 3.52. The smallest absolute Gasteiger partial charge is 0.239 e. The highest BCUT2D eigenvalue weighted by molar-refractivity contribution is 5.99. The number of amides is 1. The Hall–Kier alpha value is -2.27. The second-order valence-corrected chi connectivity index (χ2v) is 8.18. The molecule has 1 saturated heterocycles. The number of aromatic nitrogens is 1. The van der Waals surface area contributed by atoms with Crippen LogP contribution in [0.2, 0.25) is 0 Å². The van der Waals surface area contributed by atoms with Crippen molar-refractivity contribution < 1.29 is 4.79 Å². The molecule has 0 radical (unpaired) electrons. The van der Waals surface area contributed by atoms with Crippen LogP contribution in [0.1, 0.15) is 43.2 Å². The normalized spacial score (nSPS) is 24.5. The summed E-state index contributed by atoms with van der Waals surface area (Å²) in [5.41, 5.74) is 9.49. The highest BCUT2D eigenvalue weighted by Gasteiger charge is 2.38. The van der Waals surface area contributed by atoms with Crippen LogP contribution in [-0.4, -0.2) is 48.2 Å². The SMILES string of the molecule is CN=Cc1ccc([C@H]2C[C@@H](C)CN(C(=O)[C@@H](N)C3CC3)C2)c2cccnc12. The monoisotopic (exact) mass is 364 g/mol. The molecule has 2 fully saturated rings. The van der Waals surface area contributed by atoms with Crippen LogP contribution in [0.5, 0.6) is 0 Å². The van der Waals surface area contributed by atoms with E-state index in [9.17, 15) is 4.79 Å². The Balaban J connectivity index is 1.66. The molecule has 0 unspecified atom stereocenters. The van der Waals surface area contributed by atoms with Gasteiger partial charge in [-0.25, -0.2) is 0 Å². The lowest BCUT2D eigenvalue weighted by molar-refractivity contribution is -0.135. The molecule has 5 nitrogen and oxygen atoms in total. The minimum absolute atomic E-state index is 0.131. The highest BCUT2D eigenvalue weighted by atomic mass is 16.2. The van der Waals surface area contributed by atoms with E-state index < -0.39 is 0 Å². The van der Waals surface area contributed by atoms with Crippen LogP contribution in [0.4, 0.5) is 0 Å². The second-order valence-electron chi connectivity index (χ2n) is 8.18.